The summed E-state index contributed by atoms with van der Waals surface area (Å²) in [4.78, 5) is 3.93. The van der Waals surface area contributed by atoms with Crippen molar-refractivity contribution in [2.75, 3.05) is 0 Å². The summed E-state index contributed by atoms with van der Waals surface area (Å²) in [5, 5.41) is 8.43. The lowest BCUT2D eigenvalue weighted by molar-refractivity contribution is 1.18. The molecule has 0 fully saturated rings. The minimum Gasteiger partial charge on any atom is -0.260 e. The van der Waals surface area contributed by atoms with Gasteiger partial charge in [-0.05, 0) is 19.1 Å². The summed E-state index contributed by atoms with van der Waals surface area (Å²) >= 11 is 0. The van der Waals surface area contributed by atoms with Gasteiger partial charge in [-0.25, -0.2) is 0 Å². The summed E-state index contributed by atoms with van der Waals surface area (Å²) in [5.41, 5.74) is 1.44. The summed E-state index contributed by atoms with van der Waals surface area (Å²) in [6.45, 7) is 1.82. The maximum Gasteiger partial charge on any atom is 0.101 e. The van der Waals surface area contributed by atoms with E-state index in [0.717, 1.165) is 5.69 Å². The predicted molar refractivity (Wildman–Crippen MR) is 48.2 cm³/mol. The van der Waals surface area contributed by atoms with Crippen molar-refractivity contribution >= 4 is 24.8 Å². The van der Waals surface area contributed by atoms with E-state index in [1.54, 1.807) is 18.3 Å². The molecule has 0 spiro atoms. The summed E-state index contributed by atoms with van der Waals surface area (Å²) < 4.78 is 0. The molecule has 1 aromatic heterocycles. The highest BCUT2D eigenvalue weighted by molar-refractivity contribution is 5.85. The molecule has 4 heteroatoms. The van der Waals surface area contributed by atoms with Crippen molar-refractivity contribution in [3.8, 4) is 6.07 Å². The van der Waals surface area contributed by atoms with Crippen molar-refractivity contribution in [1.29, 1.82) is 5.26 Å². The van der Waals surface area contributed by atoms with Crippen molar-refractivity contribution in [1.82, 2.24) is 4.98 Å². The van der Waals surface area contributed by atoms with Crippen molar-refractivity contribution < 1.29 is 0 Å². The fourth-order valence-corrected chi connectivity index (χ4v) is 0.602. The molecule has 0 aliphatic rings. The smallest absolute Gasteiger partial charge is 0.101 e. The molecular formula is C7H8Cl2N2. The number of pyridine rings is 1. The third kappa shape index (κ3) is 3.22. The van der Waals surface area contributed by atoms with Gasteiger partial charge in [-0.15, -0.1) is 24.8 Å². The van der Waals surface area contributed by atoms with Crippen LogP contribution < -0.4 is 0 Å². The quantitative estimate of drug-likeness (QED) is 0.629. The van der Waals surface area contributed by atoms with Crippen LogP contribution in [0.4, 0.5) is 0 Å². The SMILES string of the molecule is Cc1ncccc1C#N.Cl.Cl. The van der Waals surface area contributed by atoms with Gasteiger partial charge in [0.1, 0.15) is 6.07 Å². The molecule has 0 saturated heterocycles. The van der Waals surface area contributed by atoms with Crippen LogP contribution in [0.2, 0.25) is 0 Å². The number of rotatable bonds is 0. The zero-order valence-corrected chi connectivity index (χ0v) is 7.58. The average molecular weight is 191 g/mol. The highest BCUT2D eigenvalue weighted by Crippen LogP contribution is 1.99. The second kappa shape index (κ2) is 5.96. The molecule has 11 heavy (non-hydrogen) atoms. The molecule has 60 valence electrons. The van der Waals surface area contributed by atoms with Gasteiger partial charge in [0.25, 0.3) is 0 Å². The van der Waals surface area contributed by atoms with Crippen LogP contribution in [0.3, 0.4) is 0 Å². The Bertz CT molecular complexity index is 255. The van der Waals surface area contributed by atoms with E-state index < -0.39 is 0 Å². The maximum absolute atomic E-state index is 8.43. The normalized spacial score (nSPS) is 6.91. The Morgan fingerprint density at radius 3 is 2.45 bits per heavy atom. The molecule has 0 aliphatic carbocycles. The molecule has 0 amide bonds. The van der Waals surface area contributed by atoms with E-state index in [1.807, 2.05) is 13.0 Å². The van der Waals surface area contributed by atoms with Crippen LogP contribution in [0.1, 0.15) is 11.3 Å². The standard InChI is InChI=1S/C7H6N2.2ClH/c1-6-7(5-8)3-2-4-9-6;;/h2-4H,1H3;2*1H. The molecule has 0 radical (unpaired) electrons. The minimum atomic E-state index is 0. The first-order valence-electron chi connectivity index (χ1n) is 2.66. The fourth-order valence-electron chi connectivity index (χ4n) is 0.602. The van der Waals surface area contributed by atoms with Crippen molar-refractivity contribution in [2.45, 2.75) is 6.92 Å². The number of nitrogens with zero attached hydrogens (tertiary/aromatic N) is 2. The van der Waals surface area contributed by atoms with Crippen molar-refractivity contribution in [2.24, 2.45) is 0 Å². The zero-order valence-electron chi connectivity index (χ0n) is 5.94. The molecule has 1 aromatic rings. The lowest BCUT2D eigenvalue weighted by atomic mass is 10.2. The second-order valence-corrected chi connectivity index (χ2v) is 1.75. The highest BCUT2D eigenvalue weighted by atomic mass is 35.5. The Hall–Kier alpha value is -0.780. The van der Waals surface area contributed by atoms with Crippen molar-refractivity contribution in [3.05, 3.63) is 29.6 Å². The van der Waals surface area contributed by atoms with Gasteiger partial charge in [-0.2, -0.15) is 5.26 Å². The molecule has 0 saturated carbocycles. The topological polar surface area (TPSA) is 36.7 Å². The molecule has 1 rings (SSSR count). The van der Waals surface area contributed by atoms with Crippen LogP contribution in [0.5, 0.6) is 0 Å². The Morgan fingerprint density at radius 2 is 2.09 bits per heavy atom. The Labute approximate surface area is 78.1 Å². The number of halogens is 2. The van der Waals surface area contributed by atoms with Gasteiger partial charge in [-0.3, -0.25) is 4.98 Å². The lowest BCUT2D eigenvalue weighted by Gasteiger charge is -1.89. The summed E-state index contributed by atoms with van der Waals surface area (Å²) in [7, 11) is 0. The molecular weight excluding hydrogens is 183 g/mol. The molecule has 0 atom stereocenters. The van der Waals surface area contributed by atoms with Crippen LogP contribution in [0, 0.1) is 18.3 Å². The van der Waals surface area contributed by atoms with E-state index in [-0.39, 0.29) is 24.8 Å². The van der Waals surface area contributed by atoms with Gasteiger partial charge >= 0.3 is 0 Å². The first kappa shape index (κ1) is 12.9. The van der Waals surface area contributed by atoms with Crippen molar-refractivity contribution in [3.63, 3.8) is 0 Å². The Morgan fingerprint density at radius 1 is 1.45 bits per heavy atom. The highest BCUT2D eigenvalue weighted by Gasteiger charge is 1.91. The monoisotopic (exact) mass is 190 g/mol. The van der Waals surface area contributed by atoms with E-state index in [1.165, 1.54) is 0 Å². The Kier molecular flexibility index (Phi) is 6.97. The van der Waals surface area contributed by atoms with Crippen LogP contribution >= 0.6 is 24.8 Å². The maximum atomic E-state index is 8.43. The van der Waals surface area contributed by atoms with Crippen LogP contribution in [-0.2, 0) is 0 Å². The predicted octanol–water partition coefficient (Wildman–Crippen LogP) is 2.11. The van der Waals surface area contributed by atoms with Gasteiger partial charge in [-0.1, -0.05) is 0 Å². The van der Waals surface area contributed by atoms with Gasteiger partial charge in [0.2, 0.25) is 0 Å². The fraction of sp³-hybridized carbons (Fsp3) is 0.143. The van der Waals surface area contributed by atoms with Gasteiger partial charge in [0.05, 0.1) is 11.3 Å². The summed E-state index contributed by atoms with van der Waals surface area (Å²) in [5.74, 6) is 0. The second-order valence-electron chi connectivity index (χ2n) is 1.75. The first-order chi connectivity index (χ1) is 4.34. The van der Waals surface area contributed by atoms with Crippen LogP contribution in [-0.4, -0.2) is 4.98 Å². The number of aryl methyl sites for hydroxylation is 1. The Balaban J connectivity index is 0. The van der Waals surface area contributed by atoms with Gasteiger partial charge in [0, 0.05) is 6.20 Å². The first-order valence-corrected chi connectivity index (χ1v) is 2.66. The molecule has 2 nitrogen and oxygen atoms in total. The molecule has 0 unspecified atom stereocenters. The summed E-state index contributed by atoms with van der Waals surface area (Å²) in [6, 6.07) is 5.54. The van der Waals surface area contributed by atoms with E-state index >= 15 is 0 Å². The zero-order chi connectivity index (χ0) is 6.69. The van der Waals surface area contributed by atoms with Crippen LogP contribution in [0.25, 0.3) is 0 Å². The molecule has 0 N–H and O–H groups in total. The number of aromatic nitrogens is 1. The molecule has 1 heterocycles. The molecule has 0 aliphatic heterocycles. The third-order valence-corrected chi connectivity index (χ3v) is 1.13. The van der Waals surface area contributed by atoms with Gasteiger partial charge < -0.3 is 0 Å². The van der Waals surface area contributed by atoms with Crippen LogP contribution in [0.15, 0.2) is 18.3 Å². The average Bonchev–Trinajstić information content (AvgIpc) is 1.89. The third-order valence-electron chi connectivity index (χ3n) is 1.13. The molecule has 0 bridgehead atoms. The molecule has 0 aromatic carbocycles. The number of hydrogen-bond donors (Lipinski definition) is 0. The number of hydrogen-bond acceptors (Lipinski definition) is 2. The largest absolute Gasteiger partial charge is 0.260 e. The lowest BCUT2D eigenvalue weighted by Crippen LogP contribution is -1.83. The number of nitriles is 1. The van der Waals surface area contributed by atoms with E-state index in [9.17, 15) is 0 Å². The van der Waals surface area contributed by atoms with E-state index in [4.69, 9.17) is 5.26 Å². The summed E-state index contributed by atoms with van der Waals surface area (Å²) in [6.07, 6.45) is 1.68. The minimum absolute atomic E-state index is 0. The van der Waals surface area contributed by atoms with E-state index in [0.29, 0.717) is 5.56 Å². The van der Waals surface area contributed by atoms with E-state index in [2.05, 4.69) is 4.98 Å². The van der Waals surface area contributed by atoms with Gasteiger partial charge in [0.15, 0.2) is 0 Å².